The van der Waals surface area contributed by atoms with Crippen LogP contribution in [0.2, 0.25) is 0 Å². The van der Waals surface area contributed by atoms with E-state index in [1.54, 1.807) is 0 Å². The van der Waals surface area contributed by atoms with Gasteiger partial charge in [-0.05, 0) is 0 Å². The van der Waals surface area contributed by atoms with Crippen molar-refractivity contribution in [3.8, 4) is 0 Å². The predicted octanol–water partition coefficient (Wildman–Crippen LogP) is 0.575. The molecule has 1 aliphatic heterocycles. The Kier molecular flexibility index (Phi) is 1.99. The SMILES string of the molecule is O=C(O)N1CCC(=O)C(F)(F)C1. The Labute approximate surface area is 66.8 Å². The average molecular weight is 179 g/mol. The highest BCUT2D eigenvalue weighted by atomic mass is 19.3. The zero-order chi connectivity index (χ0) is 9.35. The van der Waals surface area contributed by atoms with E-state index in [1.165, 1.54) is 0 Å². The molecular formula is C6H7F2NO3. The minimum Gasteiger partial charge on any atom is -0.465 e. The number of ketones is 1. The molecule has 1 rings (SSSR count). The Morgan fingerprint density at radius 1 is 1.58 bits per heavy atom. The van der Waals surface area contributed by atoms with Crippen molar-refractivity contribution in [1.29, 1.82) is 0 Å². The van der Waals surface area contributed by atoms with E-state index in [2.05, 4.69) is 0 Å². The standard InChI is InChI=1S/C6H7F2NO3/c7-6(8)3-9(5(11)12)2-1-4(6)10/h1-3H2,(H,11,12). The number of alkyl halides is 2. The number of carboxylic acid groups (broad SMARTS) is 1. The van der Waals surface area contributed by atoms with Gasteiger partial charge in [-0.3, -0.25) is 4.79 Å². The van der Waals surface area contributed by atoms with Gasteiger partial charge in [0.2, 0.25) is 5.78 Å². The Bertz CT molecular complexity index is 229. The highest BCUT2D eigenvalue weighted by Crippen LogP contribution is 2.23. The normalized spacial score (nSPS) is 22.5. The van der Waals surface area contributed by atoms with Gasteiger partial charge in [-0.15, -0.1) is 0 Å². The number of amides is 1. The van der Waals surface area contributed by atoms with Gasteiger partial charge >= 0.3 is 12.0 Å². The molecule has 0 aromatic carbocycles. The molecule has 1 N–H and O–H groups in total. The van der Waals surface area contributed by atoms with Gasteiger partial charge in [0.05, 0.1) is 6.54 Å². The molecule has 1 heterocycles. The lowest BCUT2D eigenvalue weighted by atomic mass is 10.1. The van der Waals surface area contributed by atoms with E-state index in [0.717, 1.165) is 0 Å². The zero-order valence-corrected chi connectivity index (χ0v) is 6.09. The zero-order valence-electron chi connectivity index (χ0n) is 6.09. The van der Waals surface area contributed by atoms with Crippen LogP contribution in [0.3, 0.4) is 0 Å². The van der Waals surface area contributed by atoms with Crippen molar-refractivity contribution in [3.05, 3.63) is 0 Å². The summed E-state index contributed by atoms with van der Waals surface area (Å²) in [5.41, 5.74) is 0. The lowest BCUT2D eigenvalue weighted by Crippen LogP contribution is -2.50. The Morgan fingerprint density at radius 3 is 2.58 bits per heavy atom. The van der Waals surface area contributed by atoms with Crippen molar-refractivity contribution in [2.45, 2.75) is 12.3 Å². The van der Waals surface area contributed by atoms with E-state index in [1.807, 2.05) is 0 Å². The van der Waals surface area contributed by atoms with Crippen molar-refractivity contribution in [2.24, 2.45) is 0 Å². The Morgan fingerprint density at radius 2 is 2.17 bits per heavy atom. The maximum absolute atomic E-state index is 12.6. The van der Waals surface area contributed by atoms with Gasteiger partial charge in [-0.2, -0.15) is 8.78 Å². The second-order valence-corrected chi connectivity index (χ2v) is 2.58. The molecule has 0 spiro atoms. The van der Waals surface area contributed by atoms with Gasteiger partial charge in [0.1, 0.15) is 0 Å². The van der Waals surface area contributed by atoms with Crippen LogP contribution >= 0.6 is 0 Å². The van der Waals surface area contributed by atoms with Crippen molar-refractivity contribution in [2.75, 3.05) is 13.1 Å². The van der Waals surface area contributed by atoms with Crippen LogP contribution in [0, 0.1) is 0 Å². The Hall–Kier alpha value is -1.20. The van der Waals surface area contributed by atoms with E-state index in [0.29, 0.717) is 4.90 Å². The molecule has 1 saturated heterocycles. The summed E-state index contributed by atoms with van der Waals surface area (Å²) in [6.07, 6.45) is -1.82. The molecule has 1 fully saturated rings. The Balaban J connectivity index is 2.69. The maximum atomic E-state index is 12.6. The average Bonchev–Trinajstić information content (AvgIpc) is 1.94. The van der Waals surface area contributed by atoms with E-state index >= 15 is 0 Å². The summed E-state index contributed by atoms with van der Waals surface area (Å²) in [6, 6.07) is 0. The summed E-state index contributed by atoms with van der Waals surface area (Å²) in [7, 11) is 0. The summed E-state index contributed by atoms with van der Waals surface area (Å²) in [4.78, 5) is 21.3. The van der Waals surface area contributed by atoms with Gasteiger partial charge in [0, 0.05) is 13.0 Å². The van der Waals surface area contributed by atoms with E-state index in [4.69, 9.17) is 5.11 Å². The molecule has 0 bridgehead atoms. The smallest absolute Gasteiger partial charge is 0.407 e. The second kappa shape index (κ2) is 2.69. The maximum Gasteiger partial charge on any atom is 0.407 e. The molecule has 0 atom stereocenters. The van der Waals surface area contributed by atoms with E-state index in [9.17, 15) is 18.4 Å². The lowest BCUT2D eigenvalue weighted by Gasteiger charge is -2.28. The molecule has 1 amide bonds. The fourth-order valence-electron chi connectivity index (χ4n) is 0.990. The topological polar surface area (TPSA) is 57.6 Å². The van der Waals surface area contributed by atoms with Gasteiger partial charge in [-0.1, -0.05) is 0 Å². The minimum absolute atomic E-state index is 0.135. The molecular weight excluding hydrogens is 172 g/mol. The van der Waals surface area contributed by atoms with Crippen LogP contribution in [0.5, 0.6) is 0 Å². The first-order valence-corrected chi connectivity index (χ1v) is 3.32. The fourth-order valence-corrected chi connectivity index (χ4v) is 0.990. The lowest BCUT2D eigenvalue weighted by molar-refractivity contribution is -0.149. The monoisotopic (exact) mass is 179 g/mol. The molecule has 6 heteroatoms. The third-order valence-electron chi connectivity index (χ3n) is 1.68. The molecule has 0 aromatic rings. The van der Waals surface area contributed by atoms with Crippen molar-refractivity contribution in [1.82, 2.24) is 4.90 Å². The number of likely N-dealkylation sites (tertiary alicyclic amines) is 1. The first kappa shape index (κ1) is 8.89. The van der Waals surface area contributed by atoms with Gasteiger partial charge < -0.3 is 10.0 Å². The van der Waals surface area contributed by atoms with Crippen LogP contribution in [0.25, 0.3) is 0 Å². The van der Waals surface area contributed by atoms with Crippen LogP contribution in [0.15, 0.2) is 0 Å². The molecule has 0 unspecified atom stereocenters. The third-order valence-corrected chi connectivity index (χ3v) is 1.68. The first-order chi connectivity index (χ1) is 5.43. The number of Topliss-reactive ketones (excluding diaryl/α,β-unsaturated/α-hetero) is 1. The molecule has 68 valence electrons. The summed E-state index contributed by atoms with van der Waals surface area (Å²) in [5.74, 6) is -4.68. The largest absolute Gasteiger partial charge is 0.465 e. The van der Waals surface area contributed by atoms with Gasteiger partial charge in [-0.25, -0.2) is 4.79 Å². The minimum atomic E-state index is -3.50. The van der Waals surface area contributed by atoms with Gasteiger partial charge in [0.15, 0.2) is 0 Å². The number of piperidine rings is 1. The third kappa shape index (κ3) is 1.51. The van der Waals surface area contributed by atoms with Crippen molar-refractivity contribution in [3.63, 3.8) is 0 Å². The molecule has 0 aliphatic carbocycles. The summed E-state index contributed by atoms with van der Waals surface area (Å²) < 4.78 is 25.1. The number of hydrogen-bond acceptors (Lipinski definition) is 2. The fraction of sp³-hybridized carbons (Fsp3) is 0.667. The quantitative estimate of drug-likeness (QED) is 0.591. The number of rotatable bonds is 0. The molecule has 4 nitrogen and oxygen atoms in total. The van der Waals surface area contributed by atoms with Crippen LogP contribution in [-0.2, 0) is 4.79 Å². The summed E-state index contributed by atoms with van der Waals surface area (Å²) >= 11 is 0. The van der Waals surface area contributed by atoms with E-state index < -0.39 is 30.8 Å². The van der Waals surface area contributed by atoms with Crippen LogP contribution in [0.4, 0.5) is 13.6 Å². The highest BCUT2D eigenvalue weighted by molar-refractivity contribution is 5.88. The molecule has 12 heavy (non-hydrogen) atoms. The molecule has 1 aliphatic rings. The number of carbonyl (C=O) groups is 2. The molecule has 0 radical (unpaired) electrons. The van der Waals surface area contributed by atoms with E-state index in [-0.39, 0.29) is 6.54 Å². The van der Waals surface area contributed by atoms with Crippen LogP contribution in [0.1, 0.15) is 6.42 Å². The molecule has 0 saturated carbocycles. The van der Waals surface area contributed by atoms with Crippen molar-refractivity contribution < 1.29 is 23.5 Å². The summed E-state index contributed by atoms with van der Waals surface area (Å²) in [5, 5.41) is 8.34. The van der Waals surface area contributed by atoms with Gasteiger partial charge in [0.25, 0.3) is 0 Å². The number of halogens is 2. The molecule has 0 aromatic heterocycles. The summed E-state index contributed by atoms with van der Waals surface area (Å²) in [6.45, 7) is -1.15. The first-order valence-electron chi connectivity index (χ1n) is 3.32. The second-order valence-electron chi connectivity index (χ2n) is 2.58. The van der Waals surface area contributed by atoms with Crippen molar-refractivity contribution >= 4 is 11.9 Å². The number of hydrogen-bond donors (Lipinski definition) is 1. The number of nitrogens with zero attached hydrogens (tertiary/aromatic N) is 1. The predicted molar refractivity (Wildman–Crippen MR) is 34.2 cm³/mol. The van der Waals surface area contributed by atoms with Crippen LogP contribution < -0.4 is 0 Å². The number of carbonyl (C=O) groups excluding carboxylic acids is 1. The van der Waals surface area contributed by atoms with Crippen LogP contribution in [-0.4, -0.2) is 40.9 Å². The highest BCUT2D eigenvalue weighted by Gasteiger charge is 2.44.